The average Bonchev–Trinajstić information content (AvgIpc) is 2.90. The molecule has 2 rings (SSSR count). The van der Waals surface area contributed by atoms with Gasteiger partial charge in [0.25, 0.3) is 10.2 Å². The van der Waals surface area contributed by atoms with Gasteiger partial charge in [-0.2, -0.15) is 24.5 Å². The fourth-order valence-electron chi connectivity index (χ4n) is 2.80. The molecule has 0 bridgehead atoms. The van der Waals surface area contributed by atoms with Gasteiger partial charge in [-0.15, -0.1) is 0 Å². The van der Waals surface area contributed by atoms with Gasteiger partial charge in [0.05, 0.1) is 0 Å². The summed E-state index contributed by atoms with van der Waals surface area (Å²) in [6.45, 7) is 2.78. The van der Waals surface area contributed by atoms with Crippen LogP contribution in [0.5, 0.6) is 0 Å². The Balaban J connectivity index is 1.83. The van der Waals surface area contributed by atoms with Crippen LogP contribution in [0.1, 0.15) is 25.7 Å². The Morgan fingerprint density at radius 2 is 2.11 bits per heavy atom. The maximum Gasteiger partial charge on any atom is 0.279 e. The van der Waals surface area contributed by atoms with E-state index < -0.39 is 10.2 Å². The van der Waals surface area contributed by atoms with Gasteiger partial charge in [-0.3, -0.25) is 0 Å². The van der Waals surface area contributed by atoms with Crippen molar-refractivity contribution in [3.8, 4) is 0 Å². The number of hydrogen-bond donors (Lipinski definition) is 2. The number of hydrogen-bond acceptors (Lipinski definition) is 4. The highest BCUT2D eigenvalue weighted by Crippen LogP contribution is 2.25. The third kappa shape index (κ3) is 4.60. The van der Waals surface area contributed by atoms with E-state index in [0.29, 0.717) is 30.8 Å². The third-order valence-electron chi connectivity index (χ3n) is 3.83. The molecule has 0 radical (unpaired) electrons. The molecule has 0 aromatic heterocycles. The molecule has 2 N–H and O–H groups in total. The molecule has 0 saturated carbocycles. The molecule has 0 aromatic rings. The zero-order valence-electron chi connectivity index (χ0n) is 11.6. The van der Waals surface area contributed by atoms with Gasteiger partial charge in [-0.1, -0.05) is 0 Å². The minimum atomic E-state index is -3.28. The Labute approximate surface area is 121 Å². The van der Waals surface area contributed by atoms with E-state index in [1.807, 2.05) is 18.8 Å². The maximum absolute atomic E-state index is 12.3. The summed E-state index contributed by atoms with van der Waals surface area (Å²) in [5, 5.41) is 3.61. The van der Waals surface area contributed by atoms with Crippen molar-refractivity contribution in [3.63, 3.8) is 0 Å². The van der Waals surface area contributed by atoms with Crippen LogP contribution in [0.4, 0.5) is 0 Å². The van der Waals surface area contributed by atoms with Crippen LogP contribution in [0.3, 0.4) is 0 Å². The Bertz CT molecular complexity index is 367. The summed E-state index contributed by atoms with van der Waals surface area (Å²) in [4.78, 5) is 0. The molecule has 0 spiro atoms. The van der Waals surface area contributed by atoms with Gasteiger partial charge in [-0.25, -0.2) is 4.72 Å². The molecule has 2 saturated heterocycles. The SMILES string of the molecule is CNCC1CCCN(S(=O)(=O)NCC2CCCS2)C1. The number of rotatable bonds is 6. The molecule has 19 heavy (non-hydrogen) atoms. The van der Waals surface area contributed by atoms with Crippen molar-refractivity contribution < 1.29 is 8.42 Å². The Morgan fingerprint density at radius 1 is 1.26 bits per heavy atom. The lowest BCUT2D eigenvalue weighted by atomic mass is 10.00. The van der Waals surface area contributed by atoms with Crippen molar-refractivity contribution in [2.75, 3.05) is 39.0 Å². The zero-order chi connectivity index (χ0) is 13.7. The molecular formula is C12H25N3O2S2. The Morgan fingerprint density at radius 3 is 2.79 bits per heavy atom. The first-order chi connectivity index (χ1) is 9.12. The van der Waals surface area contributed by atoms with Crippen LogP contribution >= 0.6 is 11.8 Å². The molecular weight excluding hydrogens is 282 g/mol. The van der Waals surface area contributed by atoms with Gasteiger partial charge in [0, 0.05) is 24.9 Å². The summed E-state index contributed by atoms with van der Waals surface area (Å²) in [6.07, 6.45) is 4.43. The molecule has 0 amide bonds. The van der Waals surface area contributed by atoms with Crippen molar-refractivity contribution in [1.29, 1.82) is 0 Å². The molecule has 2 heterocycles. The lowest BCUT2D eigenvalue weighted by Crippen LogP contribution is -2.48. The monoisotopic (exact) mass is 307 g/mol. The van der Waals surface area contributed by atoms with Crippen LogP contribution in [0.2, 0.25) is 0 Å². The second-order valence-electron chi connectivity index (χ2n) is 5.41. The minimum absolute atomic E-state index is 0.441. The van der Waals surface area contributed by atoms with Crippen molar-refractivity contribution in [1.82, 2.24) is 14.3 Å². The molecule has 7 heteroatoms. The summed E-state index contributed by atoms with van der Waals surface area (Å²) in [5.41, 5.74) is 0. The normalized spacial score (nSPS) is 29.7. The number of piperidine rings is 1. The van der Waals surface area contributed by atoms with E-state index in [1.54, 1.807) is 4.31 Å². The summed E-state index contributed by atoms with van der Waals surface area (Å²) < 4.78 is 29.0. The van der Waals surface area contributed by atoms with Gasteiger partial charge in [0.15, 0.2) is 0 Å². The summed E-state index contributed by atoms with van der Waals surface area (Å²) in [7, 11) is -1.36. The second-order valence-corrected chi connectivity index (χ2v) is 8.58. The summed E-state index contributed by atoms with van der Waals surface area (Å²) in [6, 6.07) is 0. The smallest absolute Gasteiger partial charge is 0.279 e. The van der Waals surface area contributed by atoms with E-state index in [1.165, 1.54) is 12.2 Å². The van der Waals surface area contributed by atoms with Gasteiger partial charge in [-0.05, 0) is 50.9 Å². The molecule has 0 aliphatic carbocycles. The van der Waals surface area contributed by atoms with Crippen LogP contribution in [0.25, 0.3) is 0 Å². The van der Waals surface area contributed by atoms with Crippen LogP contribution < -0.4 is 10.0 Å². The molecule has 112 valence electrons. The van der Waals surface area contributed by atoms with E-state index in [-0.39, 0.29) is 0 Å². The van der Waals surface area contributed by atoms with Crippen molar-refractivity contribution >= 4 is 22.0 Å². The lowest BCUT2D eigenvalue weighted by molar-refractivity contribution is 0.261. The molecule has 2 atom stereocenters. The van der Waals surface area contributed by atoms with E-state index in [4.69, 9.17) is 0 Å². The molecule has 2 unspecified atom stereocenters. The average molecular weight is 307 g/mol. The van der Waals surface area contributed by atoms with Crippen LogP contribution in [-0.2, 0) is 10.2 Å². The Hall–Kier alpha value is 0.180. The minimum Gasteiger partial charge on any atom is -0.319 e. The first-order valence-electron chi connectivity index (χ1n) is 7.13. The van der Waals surface area contributed by atoms with E-state index >= 15 is 0 Å². The predicted molar refractivity (Wildman–Crippen MR) is 80.6 cm³/mol. The fraction of sp³-hybridized carbons (Fsp3) is 1.00. The predicted octanol–water partition coefficient (Wildman–Crippen LogP) is 0.648. The van der Waals surface area contributed by atoms with Gasteiger partial charge < -0.3 is 5.32 Å². The summed E-state index contributed by atoms with van der Waals surface area (Å²) >= 11 is 1.88. The highest BCUT2D eigenvalue weighted by atomic mass is 32.2. The first kappa shape index (κ1) is 15.6. The van der Waals surface area contributed by atoms with Crippen molar-refractivity contribution in [3.05, 3.63) is 0 Å². The second kappa shape index (κ2) is 7.26. The number of thioether (sulfide) groups is 1. The molecule has 2 aliphatic heterocycles. The molecule has 2 fully saturated rings. The van der Waals surface area contributed by atoms with Gasteiger partial charge in [0.2, 0.25) is 0 Å². The van der Waals surface area contributed by atoms with Crippen LogP contribution in [0.15, 0.2) is 0 Å². The van der Waals surface area contributed by atoms with E-state index in [2.05, 4.69) is 10.0 Å². The Kier molecular flexibility index (Phi) is 5.95. The number of nitrogens with one attached hydrogen (secondary N) is 2. The first-order valence-corrected chi connectivity index (χ1v) is 9.61. The standard InChI is InChI=1S/C12H25N3O2S2/c1-13-8-11-4-2-6-15(10-11)19(16,17)14-9-12-5-3-7-18-12/h11-14H,2-10H2,1H3. The van der Waals surface area contributed by atoms with Crippen molar-refractivity contribution in [2.24, 2.45) is 5.92 Å². The highest BCUT2D eigenvalue weighted by molar-refractivity contribution is 8.00. The van der Waals surface area contributed by atoms with Gasteiger partial charge in [0.1, 0.15) is 0 Å². The molecule has 0 aromatic carbocycles. The molecule has 5 nitrogen and oxygen atoms in total. The quantitative estimate of drug-likeness (QED) is 0.756. The van der Waals surface area contributed by atoms with E-state index in [9.17, 15) is 8.42 Å². The van der Waals surface area contributed by atoms with Crippen molar-refractivity contribution in [2.45, 2.75) is 30.9 Å². The lowest BCUT2D eigenvalue weighted by Gasteiger charge is -2.32. The topological polar surface area (TPSA) is 61.4 Å². The largest absolute Gasteiger partial charge is 0.319 e. The summed E-state index contributed by atoms with van der Waals surface area (Å²) in [5.74, 6) is 1.61. The van der Waals surface area contributed by atoms with Crippen LogP contribution in [0, 0.1) is 5.92 Å². The molecule has 2 aliphatic rings. The van der Waals surface area contributed by atoms with E-state index in [0.717, 1.165) is 25.8 Å². The van der Waals surface area contributed by atoms with Crippen LogP contribution in [-0.4, -0.2) is 57.0 Å². The van der Waals surface area contributed by atoms with Gasteiger partial charge >= 0.3 is 0 Å². The highest BCUT2D eigenvalue weighted by Gasteiger charge is 2.29. The maximum atomic E-state index is 12.3. The fourth-order valence-corrected chi connectivity index (χ4v) is 5.47. The number of nitrogens with zero attached hydrogens (tertiary/aromatic N) is 1. The third-order valence-corrected chi connectivity index (χ3v) is 6.77. The zero-order valence-corrected chi connectivity index (χ0v) is 13.2.